The molecule has 1 aromatic carbocycles. The molecule has 27 heavy (non-hydrogen) atoms. The van der Waals surface area contributed by atoms with Gasteiger partial charge in [-0.05, 0) is 32.2 Å². The van der Waals surface area contributed by atoms with Crippen LogP contribution < -0.4 is 5.32 Å². The Morgan fingerprint density at radius 2 is 1.85 bits per heavy atom. The van der Waals surface area contributed by atoms with Crippen molar-refractivity contribution < 1.29 is 14.3 Å². The van der Waals surface area contributed by atoms with Crippen LogP contribution in [0, 0.1) is 6.92 Å². The number of anilines is 2. The summed E-state index contributed by atoms with van der Waals surface area (Å²) in [5, 5.41) is 3.13. The summed E-state index contributed by atoms with van der Waals surface area (Å²) in [6, 6.07) is 8.54. The molecule has 1 fully saturated rings. The number of likely N-dealkylation sites (N-methyl/N-ethyl adjacent to an activating group) is 1. The number of aromatic nitrogens is 2. The number of piperazine rings is 1. The maximum atomic E-state index is 12.8. The standard InChI is InChI=1S/C19H23N5O3/c1-13-20-16(18(25)24-9-7-23(2)8-10-24)12-17(21-13)22-15-6-4-5-14(11-15)19(26)27-3/h4-6,11-12H,7-10H2,1-3H3,(H,20,21,22). The van der Waals surface area contributed by atoms with Gasteiger partial charge in [0.15, 0.2) is 0 Å². The van der Waals surface area contributed by atoms with Gasteiger partial charge in [0.1, 0.15) is 17.3 Å². The Kier molecular flexibility index (Phi) is 5.66. The van der Waals surface area contributed by atoms with E-state index in [0.29, 0.717) is 41.7 Å². The van der Waals surface area contributed by atoms with E-state index in [1.54, 1.807) is 31.2 Å². The fraction of sp³-hybridized carbons (Fsp3) is 0.368. The van der Waals surface area contributed by atoms with E-state index in [4.69, 9.17) is 4.74 Å². The van der Waals surface area contributed by atoms with Crippen molar-refractivity contribution in [2.45, 2.75) is 6.92 Å². The number of ether oxygens (including phenoxy) is 1. The van der Waals surface area contributed by atoms with E-state index >= 15 is 0 Å². The average molecular weight is 369 g/mol. The minimum Gasteiger partial charge on any atom is -0.465 e. The van der Waals surface area contributed by atoms with Gasteiger partial charge in [0.25, 0.3) is 5.91 Å². The van der Waals surface area contributed by atoms with E-state index in [-0.39, 0.29) is 5.91 Å². The first kappa shape index (κ1) is 18.8. The van der Waals surface area contributed by atoms with Gasteiger partial charge in [-0.3, -0.25) is 4.79 Å². The fourth-order valence-corrected chi connectivity index (χ4v) is 2.90. The number of aryl methyl sites for hydroxylation is 1. The molecule has 1 saturated heterocycles. The topological polar surface area (TPSA) is 87.7 Å². The van der Waals surface area contributed by atoms with Crippen LogP contribution in [0.4, 0.5) is 11.5 Å². The third-order valence-electron chi connectivity index (χ3n) is 4.40. The van der Waals surface area contributed by atoms with E-state index in [2.05, 4.69) is 20.2 Å². The van der Waals surface area contributed by atoms with Gasteiger partial charge < -0.3 is 19.9 Å². The van der Waals surface area contributed by atoms with E-state index < -0.39 is 5.97 Å². The first-order valence-electron chi connectivity index (χ1n) is 8.75. The zero-order valence-corrected chi connectivity index (χ0v) is 15.7. The van der Waals surface area contributed by atoms with Crippen LogP contribution in [0.3, 0.4) is 0 Å². The minimum absolute atomic E-state index is 0.0973. The van der Waals surface area contributed by atoms with Crippen LogP contribution >= 0.6 is 0 Å². The molecule has 0 atom stereocenters. The number of carbonyl (C=O) groups is 2. The Morgan fingerprint density at radius 1 is 1.11 bits per heavy atom. The second-order valence-electron chi connectivity index (χ2n) is 6.48. The van der Waals surface area contributed by atoms with Crippen molar-refractivity contribution >= 4 is 23.4 Å². The number of amides is 1. The van der Waals surface area contributed by atoms with Crippen molar-refractivity contribution in [1.29, 1.82) is 0 Å². The number of hydrogen-bond acceptors (Lipinski definition) is 7. The number of hydrogen-bond donors (Lipinski definition) is 1. The van der Waals surface area contributed by atoms with Crippen molar-refractivity contribution in [3.8, 4) is 0 Å². The minimum atomic E-state index is -0.413. The molecule has 142 valence electrons. The van der Waals surface area contributed by atoms with E-state index in [1.165, 1.54) is 7.11 Å². The fourth-order valence-electron chi connectivity index (χ4n) is 2.90. The SMILES string of the molecule is COC(=O)c1cccc(Nc2cc(C(=O)N3CCN(C)CC3)nc(C)n2)c1. The van der Waals surface area contributed by atoms with Crippen LogP contribution in [0.15, 0.2) is 30.3 Å². The summed E-state index contributed by atoms with van der Waals surface area (Å²) in [4.78, 5) is 37.1. The van der Waals surface area contributed by atoms with Gasteiger partial charge in [-0.1, -0.05) is 6.07 Å². The maximum absolute atomic E-state index is 12.8. The molecule has 0 saturated carbocycles. The van der Waals surface area contributed by atoms with Gasteiger partial charge in [-0.25, -0.2) is 14.8 Å². The van der Waals surface area contributed by atoms with Crippen molar-refractivity contribution in [2.24, 2.45) is 0 Å². The third kappa shape index (κ3) is 4.59. The number of rotatable bonds is 4. The molecular weight excluding hydrogens is 346 g/mol. The molecule has 3 rings (SSSR count). The largest absolute Gasteiger partial charge is 0.465 e. The highest BCUT2D eigenvalue weighted by atomic mass is 16.5. The monoisotopic (exact) mass is 369 g/mol. The summed E-state index contributed by atoms with van der Waals surface area (Å²) in [5.74, 6) is 0.493. The number of nitrogens with zero attached hydrogens (tertiary/aromatic N) is 4. The van der Waals surface area contributed by atoms with Gasteiger partial charge in [0.05, 0.1) is 12.7 Å². The molecule has 0 radical (unpaired) electrons. The second kappa shape index (κ2) is 8.13. The van der Waals surface area contributed by atoms with Crippen LogP contribution in [-0.2, 0) is 4.74 Å². The molecule has 1 amide bonds. The quantitative estimate of drug-likeness (QED) is 0.821. The summed E-state index contributed by atoms with van der Waals surface area (Å²) in [5.41, 5.74) is 1.47. The second-order valence-corrected chi connectivity index (χ2v) is 6.48. The Morgan fingerprint density at radius 3 is 2.56 bits per heavy atom. The van der Waals surface area contributed by atoms with Crippen molar-refractivity contribution in [3.05, 3.63) is 47.4 Å². The molecule has 1 aromatic heterocycles. The Labute approximate surface area is 158 Å². The Balaban J connectivity index is 1.79. The molecule has 0 unspecified atom stereocenters. The number of esters is 1. The van der Waals surface area contributed by atoms with Crippen LogP contribution in [0.1, 0.15) is 26.7 Å². The smallest absolute Gasteiger partial charge is 0.337 e. The molecule has 8 heteroatoms. The van der Waals surface area contributed by atoms with Gasteiger partial charge in [0.2, 0.25) is 0 Å². The number of carbonyl (C=O) groups excluding carboxylic acids is 2. The molecule has 2 heterocycles. The summed E-state index contributed by atoms with van der Waals surface area (Å²) in [6.07, 6.45) is 0. The first-order valence-corrected chi connectivity index (χ1v) is 8.75. The summed E-state index contributed by atoms with van der Waals surface area (Å²) < 4.78 is 4.74. The van der Waals surface area contributed by atoms with Crippen molar-refractivity contribution in [1.82, 2.24) is 19.8 Å². The normalized spacial score (nSPS) is 14.7. The Hall–Kier alpha value is -3.00. The first-order chi connectivity index (χ1) is 13.0. The highest BCUT2D eigenvalue weighted by molar-refractivity contribution is 5.93. The average Bonchev–Trinajstić information content (AvgIpc) is 2.67. The molecule has 2 aromatic rings. The molecule has 8 nitrogen and oxygen atoms in total. The van der Waals surface area contributed by atoms with Gasteiger partial charge in [0, 0.05) is 37.9 Å². The lowest BCUT2D eigenvalue weighted by atomic mass is 10.2. The van der Waals surface area contributed by atoms with Crippen LogP contribution in [0.25, 0.3) is 0 Å². The zero-order chi connectivity index (χ0) is 19.4. The summed E-state index contributed by atoms with van der Waals surface area (Å²) >= 11 is 0. The van der Waals surface area contributed by atoms with E-state index in [1.807, 2.05) is 18.0 Å². The summed E-state index contributed by atoms with van der Waals surface area (Å²) in [7, 11) is 3.38. The highest BCUT2D eigenvalue weighted by Crippen LogP contribution is 2.18. The Bertz CT molecular complexity index is 847. The highest BCUT2D eigenvalue weighted by Gasteiger charge is 2.22. The molecule has 0 bridgehead atoms. The maximum Gasteiger partial charge on any atom is 0.337 e. The van der Waals surface area contributed by atoms with E-state index in [9.17, 15) is 9.59 Å². The molecule has 0 aliphatic carbocycles. The predicted molar refractivity (Wildman–Crippen MR) is 101 cm³/mol. The summed E-state index contributed by atoms with van der Waals surface area (Å²) in [6.45, 7) is 4.81. The predicted octanol–water partition coefficient (Wildman–Crippen LogP) is 1.70. The molecular formula is C19H23N5O3. The number of nitrogens with one attached hydrogen (secondary N) is 1. The van der Waals surface area contributed by atoms with Crippen molar-refractivity contribution in [3.63, 3.8) is 0 Å². The zero-order valence-electron chi connectivity index (χ0n) is 15.7. The molecule has 1 aliphatic heterocycles. The lowest BCUT2D eigenvalue weighted by Gasteiger charge is -2.32. The lowest BCUT2D eigenvalue weighted by molar-refractivity contribution is 0.0600. The lowest BCUT2D eigenvalue weighted by Crippen LogP contribution is -2.47. The van der Waals surface area contributed by atoms with E-state index in [0.717, 1.165) is 13.1 Å². The number of benzene rings is 1. The van der Waals surface area contributed by atoms with Gasteiger partial charge >= 0.3 is 5.97 Å². The van der Waals surface area contributed by atoms with Crippen LogP contribution in [0.5, 0.6) is 0 Å². The molecule has 1 aliphatic rings. The van der Waals surface area contributed by atoms with Crippen LogP contribution in [-0.4, -0.2) is 72.0 Å². The third-order valence-corrected chi connectivity index (χ3v) is 4.40. The van der Waals surface area contributed by atoms with Crippen LogP contribution in [0.2, 0.25) is 0 Å². The molecule has 0 spiro atoms. The van der Waals surface area contributed by atoms with Crippen molar-refractivity contribution in [2.75, 3.05) is 45.7 Å². The molecule has 1 N–H and O–H groups in total. The van der Waals surface area contributed by atoms with Gasteiger partial charge in [-0.15, -0.1) is 0 Å². The number of methoxy groups -OCH3 is 1. The van der Waals surface area contributed by atoms with Gasteiger partial charge in [-0.2, -0.15) is 0 Å².